The zero-order valence-electron chi connectivity index (χ0n) is 7.55. The van der Waals surface area contributed by atoms with E-state index in [2.05, 4.69) is 22.4 Å². The Balaban J connectivity index is 2.80. The highest BCUT2D eigenvalue weighted by atomic mass is 32.1. The van der Waals surface area contributed by atoms with Gasteiger partial charge in [0.05, 0.1) is 5.69 Å². The van der Waals surface area contributed by atoms with Crippen LogP contribution in [0.1, 0.15) is 0 Å². The number of aromatic nitrogens is 3. The van der Waals surface area contributed by atoms with Crippen LogP contribution in [0.5, 0.6) is 0 Å². The quantitative estimate of drug-likeness (QED) is 0.594. The van der Waals surface area contributed by atoms with E-state index in [4.69, 9.17) is 0 Å². The summed E-state index contributed by atoms with van der Waals surface area (Å²) in [5.41, 5.74) is -1.22. The molecule has 2 aromatic rings. The molecule has 0 radical (unpaired) electrons. The van der Waals surface area contributed by atoms with Crippen molar-refractivity contribution in [1.29, 1.82) is 0 Å². The zero-order valence-corrected chi connectivity index (χ0v) is 8.37. The molecule has 16 heavy (non-hydrogen) atoms. The first-order valence-corrected chi connectivity index (χ1v) is 4.46. The van der Waals surface area contributed by atoms with Gasteiger partial charge in [-0.2, -0.15) is 0 Å². The normalized spacial score (nSPS) is 10.7. The molecule has 0 bridgehead atoms. The summed E-state index contributed by atoms with van der Waals surface area (Å²) in [6, 6.07) is 0.905. The fourth-order valence-electron chi connectivity index (χ4n) is 1.21. The van der Waals surface area contributed by atoms with E-state index < -0.39 is 28.8 Å². The van der Waals surface area contributed by atoms with E-state index in [1.807, 2.05) is 0 Å². The van der Waals surface area contributed by atoms with E-state index >= 15 is 0 Å². The molecule has 1 aromatic carbocycles. The molecule has 2 N–H and O–H groups in total. The molecule has 8 heteroatoms. The molecule has 0 amide bonds. The lowest BCUT2D eigenvalue weighted by atomic mass is 10.3. The predicted molar refractivity (Wildman–Crippen MR) is 51.4 cm³/mol. The topological polar surface area (TPSA) is 53.6 Å². The van der Waals surface area contributed by atoms with Gasteiger partial charge >= 0.3 is 5.69 Å². The van der Waals surface area contributed by atoms with Crippen molar-refractivity contribution >= 4 is 12.2 Å². The van der Waals surface area contributed by atoms with Crippen LogP contribution in [-0.4, -0.2) is 14.8 Å². The Kier molecular flexibility index (Phi) is 2.43. The highest BCUT2D eigenvalue weighted by molar-refractivity contribution is 7.71. The van der Waals surface area contributed by atoms with E-state index in [-0.39, 0.29) is 4.77 Å². The SMILES string of the molecule is O=c1[nH][nH]c(=S)n1-c1cc(F)c(F)cc1F. The third kappa shape index (κ3) is 1.56. The van der Waals surface area contributed by atoms with E-state index in [9.17, 15) is 18.0 Å². The molecular formula is C8H4F3N3OS. The van der Waals surface area contributed by atoms with Crippen LogP contribution in [0.25, 0.3) is 5.69 Å². The van der Waals surface area contributed by atoms with Gasteiger partial charge < -0.3 is 0 Å². The maximum Gasteiger partial charge on any atom is 0.347 e. The minimum atomic E-state index is -1.33. The first-order valence-electron chi connectivity index (χ1n) is 4.05. The van der Waals surface area contributed by atoms with Gasteiger partial charge in [0.1, 0.15) is 0 Å². The molecular weight excluding hydrogens is 243 g/mol. The molecule has 0 aliphatic rings. The number of hydrogen-bond acceptors (Lipinski definition) is 2. The molecule has 0 aliphatic heterocycles. The summed E-state index contributed by atoms with van der Waals surface area (Å²) < 4.78 is 39.4. The number of benzene rings is 1. The van der Waals surface area contributed by atoms with E-state index in [0.29, 0.717) is 16.7 Å². The number of aromatic amines is 2. The third-order valence-electron chi connectivity index (χ3n) is 1.91. The molecule has 0 spiro atoms. The Bertz CT molecular complexity index is 630. The first kappa shape index (κ1) is 10.7. The predicted octanol–water partition coefficient (Wildman–Crippen LogP) is 1.64. The molecule has 1 heterocycles. The number of rotatable bonds is 1. The van der Waals surface area contributed by atoms with Gasteiger partial charge in [0.25, 0.3) is 0 Å². The molecule has 0 saturated heterocycles. The molecule has 0 atom stereocenters. The van der Waals surface area contributed by atoms with Crippen LogP contribution in [0.2, 0.25) is 0 Å². The van der Waals surface area contributed by atoms with Crippen molar-refractivity contribution in [3.8, 4) is 5.69 Å². The van der Waals surface area contributed by atoms with Gasteiger partial charge in [0.2, 0.25) is 4.77 Å². The van der Waals surface area contributed by atoms with Crippen LogP contribution < -0.4 is 5.69 Å². The van der Waals surface area contributed by atoms with Crippen molar-refractivity contribution in [1.82, 2.24) is 14.8 Å². The summed E-state index contributed by atoms with van der Waals surface area (Å²) in [6.45, 7) is 0. The van der Waals surface area contributed by atoms with E-state index in [0.717, 1.165) is 0 Å². The molecule has 0 fully saturated rings. The molecule has 84 valence electrons. The van der Waals surface area contributed by atoms with E-state index in [1.54, 1.807) is 0 Å². The van der Waals surface area contributed by atoms with Crippen LogP contribution >= 0.6 is 12.2 Å². The van der Waals surface area contributed by atoms with Gasteiger partial charge in [-0.05, 0) is 12.2 Å². The maximum absolute atomic E-state index is 13.3. The Morgan fingerprint density at radius 1 is 1.06 bits per heavy atom. The van der Waals surface area contributed by atoms with Crippen LogP contribution in [0.15, 0.2) is 16.9 Å². The molecule has 0 saturated carbocycles. The number of nitrogens with zero attached hydrogens (tertiary/aromatic N) is 1. The summed E-state index contributed by atoms with van der Waals surface area (Å²) >= 11 is 4.68. The van der Waals surface area contributed by atoms with Crippen LogP contribution in [0, 0.1) is 22.2 Å². The van der Waals surface area contributed by atoms with Crippen LogP contribution in [0.3, 0.4) is 0 Å². The first-order chi connectivity index (χ1) is 7.50. The second kappa shape index (κ2) is 3.63. The Labute approximate surface area is 91.3 Å². The standard InChI is InChI=1S/C8H4F3N3OS/c9-3-1-5(11)6(2-4(3)10)14-7(15)12-13-8(14)16/h1-2H,(H,12,15)(H,13,16). The molecule has 4 nitrogen and oxygen atoms in total. The van der Waals surface area contributed by atoms with Crippen molar-refractivity contribution in [2.24, 2.45) is 0 Å². The average molecular weight is 247 g/mol. The largest absolute Gasteiger partial charge is 0.347 e. The van der Waals surface area contributed by atoms with Gasteiger partial charge in [-0.3, -0.25) is 5.10 Å². The molecule has 2 rings (SSSR count). The lowest BCUT2D eigenvalue weighted by Crippen LogP contribution is -2.16. The minimum absolute atomic E-state index is 0.144. The Morgan fingerprint density at radius 2 is 1.69 bits per heavy atom. The molecule has 0 unspecified atom stereocenters. The second-order valence-corrected chi connectivity index (χ2v) is 3.30. The van der Waals surface area contributed by atoms with Gasteiger partial charge in [0, 0.05) is 12.1 Å². The molecule has 0 aliphatic carbocycles. The number of H-pyrrole nitrogens is 2. The number of nitrogens with one attached hydrogen (secondary N) is 2. The van der Waals surface area contributed by atoms with Crippen LogP contribution in [-0.2, 0) is 0 Å². The maximum atomic E-state index is 13.3. The average Bonchev–Trinajstić information content (AvgIpc) is 2.53. The zero-order chi connectivity index (χ0) is 11.9. The third-order valence-corrected chi connectivity index (χ3v) is 2.20. The highest BCUT2D eigenvalue weighted by Crippen LogP contribution is 2.16. The Hall–Kier alpha value is -1.83. The summed E-state index contributed by atoms with van der Waals surface area (Å²) in [4.78, 5) is 11.2. The van der Waals surface area contributed by atoms with Crippen molar-refractivity contribution < 1.29 is 13.2 Å². The van der Waals surface area contributed by atoms with Crippen molar-refractivity contribution in [2.75, 3.05) is 0 Å². The lowest BCUT2D eigenvalue weighted by molar-refractivity contribution is 0.492. The molecule has 1 aromatic heterocycles. The van der Waals surface area contributed by atoms with Crippen molar-refractivity contribution in [3.63, 3.8) is 0 Å². The van der Waals surface area contributed by atoms with E-state index in [1.165, 1.54) is 0 Å². The number of hydrogen-bond donors (Lipinski definition) is 2. The lowest BCUT2D eigenvalue weighted by Gasteiger charge is -2.02. The van der Waals surface area contributed by atoms with Gasteiger partial charge in [0.15, 0.2) is 17.5 Å². The summed E-state index contributed by atoms with van der Waals surface area (Å²) in [5.74, 6) is -3.68. The van der Waals surface area contributed by atoms with Gasteiger partial charge in [-0.15, -0.1) is 0 Å². The fourth-order valence-corrected chi connectivity index (χ4v) is 1.45. The highest BCUT2D eigenvalue weighted by Gasteiger charge is 2.14. The summed E-state index contributed by atoms with van der Waals surface area (Å²) in [7, 11) is 0. The summed E-state index contributed by atoms with van der Waals surface area (Å²) in [6.07, 6.45) is 0. The number of halogens is 3. The Morgan fingerprint density at radius 3 is 2.25 bits per heavy atom. The smallest absolute Gasteiger partial charge is 0.272 e. The monoisotopic (exact) mass is 247 g/mol. The minimum Gasteiger partial charge on any atom is -0.272 e. The van der Waals surface area contributed by atoms with Gasteiger partial charge in [-0.25, -0.2) is 27.6 Å². The second-order valence-electron chi connectivity index (χ2n) is 2.91. The fraction of sp³-hybridized carbons (Fsp3) is 0. The summed E-state index contributed by atoms with van der Waals surface area (Å²) in [5, 5.41) is 4.35. The van der Waals surface area contributed by atoms with Crippen LogP contribution in [0.4, 0.5) is 13.2 Å². The van der Waals surface area contributed by atoms with Gasteiger partial charge in [-0.1, -0.05) is 0 Å². The van der Waals surface area contributed by atoms with Crippen molar-refractivity contribution in [2.45, 2.75) is 0 Å². The van der Waals surface area contributed by atoms with Crippen molar-refractivity contribution in [3.05, 3.63) is 44.8 Å².